The number of thiophene rings is 1. The SMILES string of the molecule is C[Si]1(C)c2ccccc2C2(c3ccccc3-c3cccc4cccc2c34)c2ccc(N(c3ccc4sc5ccccc5c4c3)c3ccc4c(c3)c3ccccc3n4-c3cccc4ccccc34)cc21. The maximum Gasteiger partial charge on any atom is 0.113 e. The van der Waals surface area contributed by atoms with E-state index in [1.165, 1.54) is 119 Å². The molecule has 1 unspecified atom stereocenters. The number of nitrogens with zero attached hydrogens (tertiary/aromatic N) is 2. The Labute approximate surface area is 405 Å². The van der Waals surface area contributed by atoms with E-state index in [9.17, 15) is 0 Å². The van der Waals surface area contributed by atoms with Crippen molar-refractivity contribution in [3.63, 3.8) is 0 Å². The van der Waals surface area contributed by atoms with Crippen LogP contribution in [0.2, 0.25) is 13.1 Å². The Morgan fingerprint density at radius 1 is 0.391 bits per heavy atom. The molecular weight excluding hydrogens is 869 g/mol. The van der Waals surface area contributed by atoms with E-state index >= 15 is 0 Å². The molecule has 2 nitrogen and oxygen atoms in total. The average molecular weight is 913 g/mol. The van der Waals surface area contributed by atoms with E-state index in [4.69, 9.17) is 0 Å². The van der Waals surface area contributed by atoms with Crippen molar-refractivity contribution < 1.29 is 0 Å². The summed E-state index contributed by atoms with van der Waals surface area (Å²) in [6, 6.07) is 87.6. The van der Waals surface area contributed by atoms with Crippen LogP contribution in [-0.2, 0) is 5.41 Å². The Kier molecular flexibility index (Phi) is 8.06. The second-order valence-corrected chi connectivity index (χ2v) is 25.0. The van der Waals surface area contributed by atoms with Crippen molar-refractivity contribution in [3.8, 4) is 16.8 Å². The Morgan fingerprint density at radius 2 is 0.971 bits per heavy atom. The number of rotatable bonds is 4. The zero-order valence-electron chi connectivity index (χ0n) is 38.2. The topological polar surface area (TPSA) is 8.17 Å². The lowest BCUT2D eigenvalue weighted by atomic mass is 9.59. The van der Waals surface area contributed by atoms with Crippen LogP contribution in [0, 0.1) is 0 Å². The van der Waals surface area contributed by atoms with Crippen molar-refractivity contribution in [1.29, 1.82) is 0 Å². The third-order valence-electron chi connectivity index (χ3n) is 15.8. The lowest BCUT2D eigenvalue weighted by Crippen LogP contribution is -2.63. The van der Waals surface area contributed by atoms with Gasteiger partial charge in [-0.3, -0.25) is 0 Å². The highest BCUT2D eigenvalue weighted by Gasteiger charge is 2.52. The van der Waals surface area contributed by atoms with Crippen LogP contribution in [0.3, 0.4) is 0 Å². The molecule has 2 aromatic heterocycles. The molecule has 0 N–H and O–H groups in total. The van der Waals surface area contributed by atoms with Gasteiger partial charge in [-0.1, -0.05) is 177 Å². The maximum atomic E-state index is 2.60. The molecular formula is C65H44N2SSi. The summed E-state index contributed by atoms with van der Waals surface area (Å²) in [7, 11) is -2.35. The Bertz CT molecular complexity index is 4320. The monoisotopic (exact) mass is 912 g/mol. The predicted molar refractivity (Wildman–Crippen MR) is 297 cm³/mol. The first-order chi connectivity index (χ1) is 34.0. The zero-order valence-corrected chi connectivity index (χ0v) is 40.1. The minimum atomic E-state index is -2.35. The van der Waals surface area contributed by atoms with Gasteiger partial charge in [-0.05, 0) is 127 Å². The van der Waals surface area contributed by atoms with E-state index in [-0.39, 0.29) is 0 Å². The number of fused-ring (bicyclic) bond motifs is 15. The van der Waals surface area contributed by atoms with Crippen molar-refractivity contribution in [3.05, 3.63) is 253 Å². The van der Waals surface area contributed by atoms with Gasteiger partial charge in [0.15, 0.2) is 0 Å². The molecule has 13 aromatic rings. The number of hydrogen-bond donors (Lipinski definition) is 0. The van der Waals surface area contributed by atoms with E-state index in [0.29, 0.717) is 0 Å². The summed E-state index contributed by atoms with van der Waals surface area (Å²) in [5.74, 6) is 0. The molecule has 1 atom stereocenters. The lowest BCUT2D eigenvalue weighted by Gasteiger charge is -2.50. The lowest BCUT2D eigenvalue weighted by molar-refractivity contribution is 0.754. The quantitative estimate of drug-likeness (QED) is 0.160. The second-order valence-electron chi connectivity index (χ2n) is 19.6. The van der Waals surface area contributed by atoms with Crippen LogP contribution in [0.5, 0.6) is 0 Å². The largest absolute Gasteiger partial charge is 0.310 e. The summed E-state index contributed by atoms with van der Waals surface area (Å²) in [5.41, 5.74) is 14.8. The van der Waals surface area contributed by atoms with Gasteiger partial charge in [0.2, 0.25) is 0 Å². The van der Waals surface area contributed by atoms with Gasteiger partial charge in [0, 0.05) is 53.4 Å². The van der Waals surface area contributed by atoms with Crippen LogP contribution >= 0.6 is 11.3 Å². The molecule has 0 saturated heterocycles. The van der Waals surface area contributed by atoms with Crippen molar-refractivity contribution in [2.45, 2.75) is 18.5 Å². The van der Waals surface area contributed by atoms with Gasteiger partial charge in [-0.15, -0.1) is 11.3 Å². The van der Waals surface area contributed by atoms with Gasteiger partial charge in [0.1, 0.15) is 8.07 Å². The molecule has 0 saturated carbocycles. The number of hydrogen-bond acceptors (Lipinski definition) is 2. The number of anilines is 3. The first-order valence-corrected chi connectivity index (χ1v) is 27.9. The first kappa shape index (κ1) is 39.0. The molecule has 1 aliphatic heterocycles. The summed E-state index contributed by atoms with van der Waals surface area (Å²) >= 11 is 1.87. The van der Waals surface area contributed by atoms with Gasteiger partial charge in [0.25, 0.3) is 0 Å². The summed E-state index contributed by atoms with van der Waals surface area (Å²) in [5, 5.41) is 13.2. The molecule has 0 fully saturated rings. The summed E-state index contributed by atoms with van der Waals surface area (Å²) in [6.45, 7) is 5.15. The molecule has 0 amide bonds. The van der Waals surface area contributed by atoms with Gasteiger partial charge in [0.05, 0.1) is 22.1 Å². The van der Waals surface area contributed by atoms with Gasteiger partial charge < -0.3 is 9.47 Å². The highest BCUT2D eigenvalue weighted by Crippen LogP contribution is 2.56. The normalized spacial score (nSPS) is 15.6. The van der Waals surface area contributed by atoms with Crippen LogP contribution in [0.15, 0.2) is 231 Å². The second kappa shape index (κ2) is 14.3. The fraction of sp³-hybridized carbons (Fsp3) is 0.0462. The van der Waals surface area contributed by atoms with E-state index in [0.717, 1.165) is 11.4 Å². The molecule has 3 heterocycles. The number of para-hydroxylation sites is 1. The summed E-state index contributed by atoms with van der Waals surface area (Å²) < 4.78 is 5.08. The fourth-order valence-corrected chi connectivity index (χ4v) is 17.2. The molecule has 1 aliphatic carbocycles. The standard InChI is InChI=1S/C65H44N2SSi/c1-69(2)62-31-12-9-26-54(62)65(53-25-8-5-21-47(53)50-24-13-18-42-19-14-27-56(65)64(42)50)55-35-32-45(40-63(55)69)66(44-34-37-61-52(39-44)49-23-7-11-30-60(49)68-61)43-33-36-59-51(38-43)48-22-6-10-28-58(48)67(59)57-29-15-17-41-16-3-4-20-46(41)57/h3-40H,1-2H3. The van der Waals surface area contributed by atoms with Crippen LogP contribution in [0.4, 0.5) is 17.1 Å². The van der Waals surface area contributed by atoms with Gasteiger partial charge in [-0.2, -0.15) is 0 Å². The van der Waals surface area contributed by atoms with Crippen molar-refractivity contribution in [1.82, 2.24) is 4.57 Å². The molecule has 324 valence electrons. The molecule has 1 spiro atoms. The van der Waals surface area contributed by atoms with Crippen LogP contribution in [0.25, 0.3) is 80.3 Å². The third-order valence-corrected chi connectivity index (χ3v) is 20.5. The zero-order chi connectivity index (χ0) is 45.6. The van der Waals surface area contributed by atoms with Gasteiger partial charge >= 0.3 is 0 Å². The molecule has 2 aliphatic rings. The number of benzene rings is 11. The molecule has 4 heteroatoms. The number of aromatic nitrogens is 1. The predicted octanol–water partition coefficient (Wildman–Crippen LogP) is 16.4. The van der Waals surface area contributed by atoms with E-state index < -0.39 is 13.5 Å². The van der Waals surface area contributed by atoms with E-state index in [1.54, 1.807) is 0 Å². The Morgan fingerprint density at radius 3 is 1.87 bits per heavy atom. The minimum Gasteiger partial charge on any atom is -0.310 e. The van der Waals surface area contributed by atoms with Crippen molar-refractivity contribution >= 4 is 110 Å². The van der Waals surface area contributed by atoms with E-state index in [2.05, 4.69) is 253 Å². The smallest absolute Gasteiger partial charge is 0.113 e. The van der Waals surface area contributed by atoms with Gasteiger partial charge in [-0.25, -0.2) is 0 Å². The van der Waals surface area contributed by atoms with Crippen LogP contribution in [-0.4, -0.2) is 12.6 Å². The third kappa shape index (κ3) is 5.25. The highest BCUT2D eigenvalue weighted by atomic mass is 32.1. The molecule has 0 radical (unpaired) electrons. The molecule has 15 rings (SSSR count). The van der Waals surface area contributed by atoms with E-state index in [1.807, 2.05) is 11.3 Å². The summed E-state index contributed by atoms with van der Waals surface area (Å²) in [6.07, 6.45) is 0. The average Bonchev–Trinajstić information content (AvgIpc) is 3.94. The Hall–Kier alpha value is -8.02. The van der Waals surface area contributed by atoms with Crippen LogP contribution in [0.1, 0.15) is 22.3 Å². The molecule has 69 heavy (non-hydrogen) atoms. The first-order valence-electron chi connectivity index (χ1n) is 24.1. The van der Waals surface area contributed by atoms with Crippen molar-refractivity contribution in [2.24, 2.45) is 0 Å². The minimum absolute atomic E-state index is 0.501. The van der Waals surface area contributed by atoms with Crippen LogP contribution < -0.4 is 15.3 Å². The summed E-state index contributed by atoms with van der Waals surface area (Å²) in [4.78, 5) is 2.54. The fourth-order valence-electron chi connectivity index (χ4n) is 12.9. The maximum absolute atomic E-state index is 2.60. The molecule has 0 bridgehead atoms. The highest BCUT2D eigenvalue weighted by molar-refractivity contribution is 7.25. The molecule has 11 aromatic carbocycles. The van der Waals surface area contributed by atoms with Crippen molar-refractivity contribution in [2.75, 3.05) is 4.90 Å². The Balaban J connectivity index is 1.02.